The molecule has 1 saturated carbocycles. The normalized spacial score (nSPS) is 21.8. The van der Waals surface area contributed by atoms with E-state index in [-0.39, 0.29) is 5.60 Å². The van der Waals surface area contributed by atoms with Gasteiger partial charge >= 0.3 is 0 Å². The lowest BCUT2D eigenvalue weighted by molar-refractivity contribution is 0.000673. The zero-order chi connectivity index (χ0) is 8.74. The SMILES string of the molecule is CC.CCC1(O)CCCCC1. The third-order valence-electron chi connectivity index (χ3n) is 2.44. The predicted molar refractivity (Wildman–Crippen MR) is 49.7 cm³/mol. The number of aliphatic hydroxyl groups is 1. The minimum absolute atomic E-state index is 0.280. The van der Waals surface area contributed by atoms with Gasteiger partial charge in [-0.15, -0.1) is 0 Å². The molecule has 1 aliphatic carbocycles. The Kier molecular flexibility index (Phi) is 5.57. The van der Waals surface area contributed by atoms with Crippen LogP contribution in [0.1, 0.15) is 59.3 Å². The van der Waals surface area contributed by atoms with Crippen molar-refractivity contribution in [3.63, 3.8) is 0 Å². The van der Waals surface area contributed by atoms with Crippen molar-refractivity contribution in [2.45, 2.75) is 64.9 Å². The second kappa shape index (κ2) is 5.59. The lowest BCUT2D eigenvalue weighted by Gasteiger charge is -2.30. The first kappa shape index (κ1) is 11.0. The molecule has 0 unspecified atom stereocenters. The molecule has 11 heavy (non-hydrogen) atoms. The van der Waals surface area contributed by atoms with E-state index in [1.807, 2.05) is 13.8 Å². The van der Waals surface area contributed by atoms with Crippen molar-refractivity contribution in [1.29, 1.82) is 0 Å². The van der Waals surface area contributed by atoms with Gasteiger partial charge in [0.2, 0.25) is 0 Å². The minimum atomic E-state index is -0.280. The first-order valence-electron chi connectivity index (χ1n) is 4.99. The van der Waals surface area contributed by atoms with Crippen LogP contribution in [0.4, 0.5) is 0 Å². The molecule has 0 atom stereocenters. The van der Waals surface area contributed by atoms with Gasteiger partial charge in [0.1, 0.15) is 0 Å². The van der Waals surface area contributed by atoms with Crippen LogP contribution in [0.25, 0.3) is 0 Å². The molecule has 0 heterocycles. The van der Waals surface area contributed by atoms with E-state index in [1.54, 1.807) is 0 Å². The summed E-state index contributed by atoms with van der Waals surface area (Å²) >= 11 is 0. The summed E-state index contributed by atoms with van der Waals surface area (Å²) < 4.78 is 0. The Labute approximate surface area is 70.8 Å². The van der Waals surface area contributed by atoms with Gasteiger partial charge in [-0.25, -0.2) is 0 Å². The minimum Gasteiger partial charge on any atom is -0.390 e. The Morgan fingerprint density at radius 3 is 1.82 bits per heavy atom. The Morgan fingerprint density at radius 2 is 1.55 bits per heavy atom. The molecule has 0 amide bonds. The van der Waals surface area contributed by atoms with Gasteiger partial charge in [-0.2, -0.15) is 0 Å². The summed E-state index contributed by atoms with van der Waals surface area (Å²) in [7, 11) is 0. The number of hydrogen-bond acceptors (Lipinski definition) is 1. The van der Waals surface area contributed by atoms with Gasteiger partial charge in [-0.3, -0.25) is 0 Å². The van der Waals surface area contributed by atoms with Crippen LogP contribution >= 0.6 is 0 Å². The number of rotatable bonds is 1. The first-order chi connectivity index (χ1) is 5.27. The van der Waals surface area contributed by atoms with Crippen LogP contribution in [0, 0.1) is 0 Å². The lowest BCUT2D eigenvalue weighted by atomic mass is 9.83. The molecule has 1 rings (SSSR count). The highest BCUT2D eigenvalue weighted by atomic mass is 16.3. The van der Waals surface area contributed by atoms with Crippen molar-refractivity contribution in [2.24, 2.45) is 0 Å². The molecule has 0 aromatic heterocycles. The molecule has 1 aliphatic rings. The van der Waals surface area contributed by atoms with Crippen molar-refractivity contribution in [3.8, 4) is 0 Å². The fourth-order valence-corrected chi connectivity index (χ4v) is 1.56. The molecular formula is C10H22O. The van der Waals surface area contributed by atoms with E-state index in [4.69, 9.17) is 0 Å². The van der Waals surface area contributed by atoms with Crippen LogP contribution in [0.15, 0.2) is 0 Å². The first-order valence-corrected chi connectivity index (χ1v) is 4.99. The number of hydrogen-bond donors (Lipinski definition) is 1. The molecule has 0 saturated heterocycles. The van der Waals surface area contributed by atoms with Crippen molar-refractivity contribution in [3.05, 3.63) is 0 Å². The van der Waals surface area contributed by atoms with Crippen LogP contribution in [-0.4, -0.2) is 10.7 Å². The lowest BCUT2D eigenvalue weighted by Crippen LogP contribution is -2.29. The molecule has 0 aliphatic heterocycles. The quantitative estimate of drug-likeness (QED) is 0.621. The zero-order valence-corrected chi connectivity index (χ0v) is 8.19. The van der Waals surface area contributed by atoms with Crippen molar-refractivity contribution in [1.82, 2.24) is 0 Å². The topological polar surface area (TPSA) is 20.2 Å². The van der Waals surface area contributed by atoms with Crippen molar-refractivity contribution < 1.29 is 5.11 Å². The molecule has 68 valence electrons. The smallest absolute Gasteiger partial charge is 0.0645 e. The highest BCUT2D eigenvalue weighted by Gasteiger charge is 2.26. The van der Waals surface area contributed by atoms with Crippen LogP contribution in [0.5, 0.6) is 0 Å². The third kappa shape index (κ3) is 3.76. The Bertz CT molecular complexity index is 82.9. The van der Waals surface area contributed by atoms with E-state index in [2.05, 4.69) is 6.92 Å². The largest absolute Gasteiger partial charge is 0.390 e. The Balaban J connectivity index is 0.000000461. The van der Waals surface area contributed by atoms with Crippen molar-refractivity contribution >= 4 is 0 Å². The zero-order valence-electron chi connectivity index (χ0n) is 8.19. The van der Waals surface area contributed by atoms with E-state index in [9.17, 15) is 5.11 Å². The molecule has 0 radical (unpaired) electrons. The molecule has 0 bridgehead atoms. The summed E-state index contributed by atoms with van der Waals surface area (Å²) in [6.45, 7) is 6.07. The van der Waals surface area contributed by atoms with E-state index < -0.39 is 0 Å². The van der Waals surface area contributed by atoms with Crippen LogP contribution in [0.2, 0.25) is 0 Å². The predicted octanol–water partition coefficient (Wildman–Crippen LogP) is 3.12. The van der Waals surface area contributed by atoms with Gasteiger partial charge in [0.05, 0.1) is 5.60 Å². The summed E-state index contributed by atoms with van der Waals surface area (Å²) in [6.07, 6.45) is 6.77. The fourth-order valence-electron chi connectivity index (χ4n) is 1.56. The fraction of sp³-hybridized carbons (Fsp3) is 1.00. The maximum Gasteiger partial charge on any atom is 0.0645 e. The average Bonchev–Trinajstić information content (AvgIpc) is 2.10. The van der Waals surface area contributed by atoms with Gasteiger partial charge in [0, 0.05) is 0 Å². The summed E-state index contributed by atoms with van der Waals surface area (Å²) in [4.78, 5) is 0. The Morgan fingerprint density at radius 1 is 1.09 bits per heavy atom. The highest BCUT2D eigenvalue weighted by Crippen LogP contribution is 2.30. The molecule has 1 fully saturated rings. The van der Waals surface area contributed by atoms with Gasteiger partial charge < -0.3 is 5.11 Å². The molecule has 0 spiro atoms. The highest BCUT2D eigenvalue weighted by molar-refractivity contribution is 4.79. The van der Waals surface area contributed by atoms with Crippen LogP contribution in [0.3, 0.4) is 0 Å². The molecule has 0 aromatic carbocycles. The van der Waals surface area contributed by atoms with Crippen LogP contribution in [-0.2, 0) is 0 Å². The molecule has 0 aromatic rings. The molecular weight excluding hydrogens is 136 g/mol. The summed E-state index contributed by atoms with van der Waals surface area (Å²) in [5, 5.41) is 9.68. The molecule has 1 heteroatoms. The maximum atomic E-state index is 9.68. The van der Waals surface area contributed by atoms with Gasteiger partial charge in [0.15, 0.2) is 0 Å². The van der Waals surface area contributed by atoms with Gasteiger partial charge in [0.25, 0.3) is 0 Å². The standard InChI is InChI=1S/C8H16O.C2H6/c1-2-8(9)6-4-3-5-7-8;1-2/h9H,2-7H2,1H3;1-2H3. The summed E-state index contributed by atoms with van der Waals surface area (Å²) in [6, 6.07) is 0. The molecule has 1 nitrogen and oxygen atoms in total. The van der Waals surface area contributed by atoms with Gasteiger partial charge in [-0.1, -0.05) is 40.0 Å². The van der Waals surface area contributed by atoms with E-state index in [1.165, 1.54) is 19.3 Å². The third-order valence-corrected chi connectivity index (χ3v) is 2.44. The monoisotopic (exact) mass is 158 g/mol. The van der Waals surface area contributed by atoms with Crippen LogP contribution < -0.4 is 0 Å². The second-order valence-corrected chi connectivity index (χ2v) is 3.14. The van der Waals surface area contributed by atoms with Crippen molar-refractivity contribution in [2.75, 3.05) is 0 Å². The van der Waals surface area contributed by atoms with E-state index >= 15 is 0 Å². The average molecular weight is 158 g/mol. The Hall–Kier alpha value is -0.0400. The van der Waals surface area contributed by atoms with E-state index in [0.29, 0.717) is 0 Å². The second-order valence-electron chi connectivity index (χ2n) is 3.14. The molecule has 1 N–H and O–H groups in total. The maximum absolute atomic E-state index is 9.68. The van der Waals surface area contributed by atoms with E-state index in [0.717, 1.165) is 19.3 Å². The summed E-state index contributed by atoms with van der Waals surface area (Å²) in [5.41, 5.74) is -0.280. The summed E-state index contributed by atoms with van der Waals surface area (Å²) in [5.74, 6) is 0. The van der Waals surface area contributed by atoms with Gasteiger partial charge in [-0.05, 0) is 19.3 Å².